The predicted octanol–water partition coefficient (Wildman–Crippen LogP) is 3.64. The number of ether oxygens (including phenoxy) is 2. The quantitative estimate of drug-likeness (QED) is 0.574. The molecule has 0 radical (unpaired) electrons. The monoisotopic (exact) mass is 330 g/mol. The highest BCUT2D eigenvalue weighted by Gasteiger charge is 2.18. The van der Waals surface area contributed by atoms with Gasteiger partial charge in [-0.3, -0.25) is 4.90 Å². The van der Waals surface area contributed by atoms with Crippen LogP contribution in [-0.2, 0) is 4.74 Å². The second-order valence-corrected chi connectivity index (χ2v) is 5.66. The van der Waals surface area contributed by atoms with Crippen molar-refractivity contribution in [3.8, 4) is 11.4 Å². The molecule has 24 heavy (non-hydrogen) atoms. The molecule has 0 fully saturated rings. The average molecular weight is 330 g/mol. The molecule has 1 unspecified atom stereocenters. The van der Waals surface area contributed by atoms with Gasteiger partial charge in [0, 0.05) is 17.6 Å². The zero-order chi connectivity index (χ0) is 17.7. The van der Waals surface area contributed by atoms with E-state index >= 15 is 0 Å². The summed E-state index contributed by atoms with van der Waals surface area (Å²) in [5, 5.41) is 0. The zero-order valence-electron chi connectivity index (χ0n) is 15.1. The summed E-state index contributed by atoms with van der Waals surface area (Å²) in [6.07, 6.45) is 1.58. The molecule has 0 saturated heterocycles. The van der Waals surface area contributed by atoms with E-state index in [4.69, 9.17) is 9.47 Å². The number of rotatable bonds is 7. The summed E-state index contributed by atoms with van der Waals surface area (Å²) in [5.74, 6) is 0.501. The summed E-state index contributed by atoms with van der Waals surface area (Å²) >= 11 is 0. The zero-order valence-corrected chi connectivity index (χ0v) is 15.1. The molecule has 1 atom stereocenters. The highest BCUT2D eigenvalue weighted by Crippen LogP contribution is 2.19. The second kappa shape index (κ2) is 8.02. The fourth-order valence-corrected chi connectivity index (χ4v) is 2.74. The highest BCUT2D eigenvalue weighted by molar-refractivity contribution is 5.89. The van der Waals surface area contributed by atoms with Crippen molar-refractivity contribution in [1.82, 2.24) is 9.47 Å². The normalized spacial score (nSPS) is 12.2. The first-order valence-corrected chi connectivity index (χ1v) is 8.28. The minimum absolute atomic E-state index is 0.239. The van der Waals surface area contributed by atoms with E-state index in [1.807, 2.05) is 54.9 Å². The van der Waals surface area contributed by atoms with Crippen LogP contribution in [0.5, 0.6) is 5.75 Å². The number of hydrogen-bond acceptors (Lipinski definition) is 4. The molecule has 1 heterocycles. The minimum Gasteiger partial charge on any atom is -0.497 e. The third-order valence-electron chi connectivity index (χ3n) is 4.20. The van der Waals surface area contributed by atoms with Gasteiger partial charge in [-0.15, -0.1) is 0 Å². The van der Waals surface area contributed by atoms with Crippen molar-refractivity contribution in [2.75, 3.05) is 20.2 Å². The van der Waals surface area contributed by atoms with Gasteiger partial charge in [0.05, 0.1) is 12.7 Å². The molecule has 2 rings (SSSR count). The van der Waals surface area contributed by atoms with Crippen molar-refractivity contribution in [2.24, 2.45) is 0 Å². The van der Waals surface area contributed by atoms with E-state index in [0.717, 1.165) is 30.2 Å². The lowest BCUT2D eigenvalue weighted by molar-refractivity contribution is -0.0196. The van der Waals surface area contributed by atoms with Crippen LogP contribution in [0.3, 0.4) is 0 Å². The van der Waals surface area contributed by atoms with Crippen LogP contribution in [0.2, 0.25) is 0 Å². The Morgan fingerprint density at radius 1 is 1.21 bits per heavy atom. The molecule has 0 bridgehead atoms. The lowest BCUT2D eigenvalue weighted by Gasteiger charge is -2.25. The molecule has 0 spiro atoms. The molecule has 0 aliphatic carbocycles. The Kier molecular flexibility index (Phi) is 6.04. The molecule has 2 aromatic rings. The third kappa shape index (κ3) is 3.97. The van der Waals surface area contributed by atoms with Gasteiger partial charge in [0.15, 0.2) is 6.23 Å². The summed E-state index contributed by atoms with van der Waals surface area (Å²) in [7, 11) is 1.64. The Morgan fingerprint density at radius 3 is 2.38 bits per heavy atom. The Morgan fingerprint density at radius 2 is 1.83 bits per heavy atom. The fraction of sp³-hybridized carbons (Fsp3) is 0.421. The van der Waals surface area contributed by atoms with Gasteiger partial charge in [-0.05, 0) is 57.3 Å². The van der Waals surface area contributed by atoms with E-state index in [9.17, 15) is 4.79 Å². The van der Waals surface area contributed by atoms with Gasteiger partial charge in [-0.1, -0.05) is 13.8 Å². The Labute approximate surface area is 143 Å². The topological polar surface area (TPSA) is 43.7 Å². The molecule has 0 aliphatic rings. The second-order valence-electron chi connectivity index (χ2n) is 5.66. The van der Waals surface area contributed by atoms with Crippen molar-refractivity contribution in [3.05, 3.63) is 47.8 Å². The lowest BCUT2D eigenvalue weighted by atomic mass is 10.3. The fourth-order valence-electron chi connectivity index (χ4n) is 2.74. The van der Waals surface area contributed by atoms with Crippen LogP contribution < -0.4 is 4.74 Å². The number of hydrogen-bond donors (Lipinski definition) is 0. The molecule has 5 nitrogen and oxygen atoms in total. The molecule has 0 aliphatic heterocycles. The Hall–Kier alpha value is -2.27. The maximum Gasteiger partial charge on any atom is 0.341 e. The number of methoxy groups -OCH3 is 1. The van der Waals surface area contributed by atoms with Gasteiger partial charge in [0.1, 0.15) is 5.75 Å². The highest BCUT2D eigenvalue weighted by atomic mass is 16.6. The van der Waals surface area contributed by atoms with Crippen LogP contribution >= 0.6 is 0 Å². The number of nitrogens with zero attached hydrogens (tertiary/aromatic N) is 2. The first-order valence-electron chi connectivity index (χ1n) is 8.28. The summed E-state index contributed by atoms with van der Waals surface area (Å²) in [4.78, 5) is 14.5. The van der Waals surface area contributed by atoms with Gasteiger partial charge in [-0.25, -0.2) is 4.79 Å². The van der Waals surface area contributed by atoms with E-state index in [2.05, 4.69) is 18.7 Å². The maximum absolute atomic E-state index is 12.4. The minimum atomic E-state index is -0.301. The van der Waals surface area contributed by atoms with Gasteiger partial charge >= 0.3 is 5.97 Å². The summed E-state index contributed by atoms with van der Waals surface area (Å²) < 4.78 is 12.7. The van der Waals surface area contributed by atoms with E-state index < -0.39 is 0 Å². The van der Waals surface area contributed by atoms with Crippen molar-refractivity contribution < 1.29 is 14.3 Å². The van der Waals surface area contributed by atoms with E-state index in [1.54, 1.807) is 7.11 Å². The summed E-state index contributed by atoms with van der Waals surface area (Å²) in [6, 6.07) is 9.56. The Bertz CT molecular complexity index is 672. The van der Waals surface area contributed by atoms with Crippen LogP contribution in [-0.4, -0.2) is 41.9 Å². The standard InChI is InChI=1S/C19H26N2O3/c1-6-20(7-2)15(4)24-19(22)16-12-14(3)21(13-16)17-8-10-18(23-5)11-9-17/h8-13,15H,6-7H2,1-5H3. The largest absolute Gasteiger partial charge is 0.497 e. The Balaban J connectivity index is 2.16. The molecule has 1 aromatic carbocycles. The average Bonchev–Trinajstić information content (AvgIpc) is 2.98. The SMILES string of the molecule is CCN(CC)C(C)OC(=O)c1cc(C)n(-c2ccc(OC)cc2)c1. The number of aromatic nitrogens is 1. The predicted molar refractivity (Wildman–Crippen MR) is 94.9 cm³/mol. The molecule has 5 heteroatoms. The van der Waals surface area contributed by atoms with Crippen molar-refractivity contribution in [3.63, 3.8) is 0 Å². The number of carbonyl (C=O) groups is 1. The maximum atomic E-state index is 12.4. The van der Waals surface area contributed by atoms with Crippen LogP contribution in [0, 0.1) is 6.92 Å². The number of benzene rings is 1. The van der Waals surface area contributed by atoms with Gasteiger partial charge in [0.25, 0.3) is 0 Å². The lowest BCUT2D eigenvalue weighted by Crippen LogP contribution is -2.36. The summed E-state index contributed by atoms with van der Waals surface area (Å²) in [5.41, 5.74) is 2.51. The number of carbonyl (C=O) groups excluding carboxylic acids is 1. The van der Waals surface area contributed by atoms with Gasteiger partial charge in [-0.2, -0.15) is 0 Å². The first kappa shape index (κ1) is 18.1. The molecule has 0 amide bonds. The van der Waals surface area contributed by atoms with Crippen molar-refractivity contribution in [2.45, 2.75) is 33.9 Å². The van der Waals surface area contributed by atoms with Gasteiger partial charge < -0.3 is 14.0 Å². The molecule has 1 aromatic heterocycles. The van der Waals surface area contributed by atoms with E-state index in [1.165, 1.54) is 0 Å². The van der Waals surface area contributed by atoms with E-state index in [0.29, 0.717) is 5.56 Å². The van der Waals surface area contributed by atoms with Gasteiger partial charge in [0.2, 0.25) is 0 Å². The first-order chi connectivity index (χ1) is 11.5. The van der Waals surface area contributed by atoms with Crippen LogP contribution in [0.4, 0.5) is 0 Å². The van der Waals surface area contributed by atoms with Crippen molar-refractivity contribution in [1.29, 1.82) is 0 Å². The van der Waals surface area contributed by atoms with Crippen LogP contribution in [0.25, 0.3) is 5.69 Å². The number of aryl methyl sites for hydroxylation is 1. The molecule has 0 N–H and O–H groups in total. The van der Waals surface area contributed by atoms with Crippen LogP contribution in [0.15, 0.2) is 36.5 Å². The molecular formula is C19H26N2O3. The molecule has 0 saturated carbocycles. The summed E-state index contributed by atoms with van der Waals surface area (Å²) in [6.45, 7) is 9.66. The smallest absolute Gasteiger partial charge is 0.341 e. The van der Waals surface area contributed by atoms with Crippen molar-refractivity contribution >= 4 is 5.97 Å². The van der Waals surface area contributed by atoms with E-state index in [-0.39, 0.29) is 12.2 Å². The molecular weight excluding hydrogens is 304 g/mol. The molecule has 130 valence electrons. The number of esters is 1. The third-order valence-corrected chi connectivity index (χ3v) is 4.20. The van der Waals surface area contributed by atoms with Crippen LogP contribution in [0.1, 0.15) is 36.8 Å².